The standard InChI is InChI=1S/C22H26Cl2N4O3S/c1-5-15-18(29)25-9-10-28(15)20(30)12-11-16(22(2,3)4)32-19(12)27-21(31)26-14-8-6-7-13(23)17(14)24/h6-8,11,15H,5,9-10H2,1-4H3,(H,25,29)(H2,26,27,31). The molecule has 1 unspecified atom stereocenters. The number of nitrogens with one attached hydrogen (secondary N) is 3. The Morgan fingerprint density at radius 2 is 1.97 bits per heavy atom. The summed E-state index contributed by atoms with van der Waals surface area (Å²) in [6, 6.07) is 5.64. The predicted octanol–water partition coefficient (Wildman–Crippen LogP) is 5.35. The number of hydrogen-bond donors (Lipinski definition) is 3. The highest BCUT2D eigenvalue weighted by molar-refractivity contribution is 7.16. The molecule has 1 atom stereocenters. The molecule has 3 rings (SSSR count). The first-order valence-corrected chi connectivity index (χ1v) is 11.8. The summed E-state index contributed by atoms with van der Waals surface area (Å²) >= 11 is 13.5. The first-order valence-electron chi connectivity index (χ1n) is 10.3. The molecule has 32 heavy (non-hydrogen) atoms. The maximum atomic E-state index is 13.5. The Kier molecular flexibility index (Phi) is 7.37. The van der Waals surface area contributed by atoms with E-state index in [4.69, 9.17) is 23.2 Å². The number of benzene rings is 1. The van der Waals surface area contributed by atoms with E-state index in [0.29, 0.717) is 40.8 Å². The second-order valence-electron chi connectivity index (χ2n) is 8.50. The third-order valence-corrected chi connectivity index (χ3v) is 7.40. The number of hydrogen-bond acceptors (Lipinski definition) is 4. The molecule has 1 aromatic heterocycles. The number of nitrogens with zero attached hydrogens (tertiary/aromatic N) is 1. The smallest absolute Gasteiger partial charge is 0.324 e. The molecule has 10 heteroatoms. The van der Waals surface area contributed by atoms with E-state index in [0.717, 1.165) is 4.88 Å². The maximum Gasteiger partial charge on any atom is 0.324 e. The number of carbonyl (C=O) groups is 3. The van der Waals surface area contributed by atoms with Crippen molar-refractivity contribution in [2.24, 2.45) is 0 Å². The van der Waals surface area contributed by atoms with Crippen LogP contribution in [0.25, 0.3) is 0 Å². The molecule has 0 spiro atoms. The molecular formula is C22H26Cl2N4O3S. The second kappa shape index (κ2) is 9.68. The lowest BCUT2D eigenvalue weighted by Gasteiger charge is -2.34. The zero-order valence-corrected chi connectivity index (χ0v) is 20.7. The van der Waals surface area contributed by atoms with Crippen LogP contribution in [0, 0.1) is 0 Å². The van der Waals surface area contributed by atoms with Crippen molar-refractivity contribution in [3.05, 3.63) is 44.8 Å². The second-order valence-corrected chi connectivity index (χ2v) is 10.3. The molecule has 3 N–H and O–H groups in total. The van der Waals surface area contributed by atoms with Gasteiger partial charge in [0.2, 0.25) is 5.91 Å². The van der Waals surface area contributed by atoms with Crippen LogP contribution in [-0.4, -0.2) is 41.9 Å². The van der Waals surface area contributed by atoms with Gasteiger partial charge in [-0.1, -0.05) is 57.0 Å². The Bertz CT molecular complexity index is 1050. The van der Waals surface area contributed by atoms with E-state index in [2.05, 4.69) is 16.0 Å². The minimum atomic E-state index is -0.547. The van der Waals surface area contributed by atoms with Gasteiger partial charge in [-0.25, -0.2) is 4.79 Å². The van der Waals surface area contributed by atoms with Gasteiger partial charge in [-0.2, -0.15) is 0 Å². The fourth-order valence-corrected chi connectivity index (χ4v) is 4.84. The molecule has 0 aliphatic carbocycles. The minimum absolute atomic E-state index is 0.166. The van der Waals surface area contributed by atoms with E-state index in [9.17, 15) is 14.4 Å². The molecule has 7 nitrogen and oxygen atoms in total. The number of carbonyl (C=O) groups excluding carboxylic acids is 3. The maximum absolute atomic E-state index is 13.5. The fourth-order valence-electron chi connectivity index (χ4n) is 3.39. The monoisotopic (exact) mass is 496 g/mol. The predicted molar refractivity (Wildman–Crippen MR) is 130 cm³/mol. The molecule has 0 radical (unpaired) electrons. The van der Waals surface area contributed by atoms with Gasteiger partial charge in [0.25, 0.3) is 5.91 Å². The van der Waals surface area contributed by atoms with Crippen molar-refractivity contribution in [1.29, 1.82) is 0 Å². The van der Waals surface area contributed by atoms with Gasteiger partial charge in [0.15, 0.2) is 0 Å². The Morgan fingerprint density at radius 1 is 1.25 bits per heavy atom. The molecule has 2 heterocycles. The number of halogens is 2. The lowest BCUT2D eigenvalue weighted by atomic mass is 9.94. The van der Waals surface area contributed by atoms with Gasteiger partial charge in [-0.15, -0.1) is 11.3 Å². The highest BCUT2D eigenvalue weighted by Crippen LogP contribution is 2.37. The average Bonchev–Trinajstić information content (AvgIpc) is 3.14. The van der Waals surface area contributed by atoms with E-state index in [-0.39, 0.29) is 22.3 Å². The number of anilines is 2. The fraction of sp³-hybridized carbons (Fsp3) is 0.409. The molecule has 0 saturated carbocycles. The van der Waals surface area contributed by atoms with Gasteiger partial charge in [-0.3, -0.25) is 14.9 Å². The van der Waals surface area contributed by atoms with Crippen LogP contribution in [0.15, 0.2) is 24.3 Å². The summed E-state index contributed by atoms with van der Waals surface area (Å²) in [5.74, 6) is -0.448. The van der Waals surface area contributed by atoms with Crippen LogP contribution in [0.3, 0.4) is 0 Å². The van der Waals surface area contributed by atoms with Crippen LogP contribution in [0.5, 0.6) is 0 Å². The average molecular weight is 497 g/mol. The third-order valence-electron chi connectivity index (χ3n) is 5.11. The van der Waals surface area contributed by atoms with Gasteiger partial charge >= 0.3 is 6.03 Å². The van der Waals surface area contributed by atoms with Crippen molar-refractivity contribution in [2.45, 2.75) is 45.6 Å². The van der Waals surface area contributed by atoms with Gasteiger partial charge in [0.05, 0.1) is 21.3 Å². The van der Waals surface area contributed by atoms with Gasteiger partial charge in [0.1, 0.15) is 11.0 Å². The van der Waals surface area contributed by atoms with Crippen molar-refractivity contribution in [2.75, 3.05) is 23.7 Å². The van der Waals surface area contributed by atoms with E-state index in [1.54, 1.807) is 29.2 Å². The topological polar surface area (TPSA) is 90.5 Å². The Balaban J connectivity index is 1.90. The molecule has 1 aromatic carbocycles. The lowest BCUT2D eigenvalue weighted by molar-refractivity contribution is -0.127. The SMILES string of the molecule is CCC1C(=O)NCCN1C(=O)c1cc(C(C)(C)C)sc1NC(=O)Nc1cccc(Cl)c1Cl. The Labute approximate surface area is 201 Å². The lowest BCUT2D eigenvalue weighted by Crippen LogP contribution is -2.56. The number of rotatable bonds is 4. The van der Waals surface area contributed by atoms with E-state index < -0.39 is 12.1 Å². The van der Waals surface area contributed by atoms with Crippen molar-refractivity contribution >= 4 is 63.1 Å². The Morgan fingerprint density at radius 3 is 2.62 bits per heavy atom. The summed E-state index contributed by atoms with van der Waals surface area (Å²) in [5, 5.41) is 9.21. The van der Waals surface area contributed by atoms with Crippen molar-refractivity contribution < 1.29 is 14.4 Å². The van der Waals surface area contributed by atoms with Crippen molar-refractivity contribution in [3.8, 4) is 0 Å². The molecule has 1 aliphatic heterocycles. The Hall–Kier alpha value is -2.29. The van der Waals surface area contributed by atoms with Crippen molar-refractivity contribution in [3.63, 3.8) is 0 Å². The molecule has 4 amide bonds. The normalized spacial score (nSPS) is 16.5. The number of piperazine rings is 1. The van der Waals surface area contributed by atoms with Crippen LogP contribution < -0.4 is 16.0 Å². The molecular weight excluding hydrogens is 471 g/mol. The zero-order chi connectivity index (χ0) is 23.6. The largest absolute Gasteiger partial charge is 0.353 e. The van der Waals surface area contributed by atoms with Crippen LogP contribution in [-0.2, 0) is 10.2 Å². The molecule has 172 valence electrons. The van der Waals surface area contributed by atoms with Crippen molar-refractivity contribution in [1.82, 2.24) is 10.2 Å². The number of thiophene rings is 1. The van der Waals surface area contributed by atoms with E-state index in [1.165, 1.54) is 11.3 Å². The first-order chi connectivity index (χ1) is 15.0. The summed E-state index contributed by atoms with van der Waals surface area (Å²) in [6.45, 7) is 8.77. The first kappa shape index (κ1) is 24.4. The highest BCUT2D eigenvalue weighted by atomic mass is 35.5. The number of urea groups is 1. The molecule has 2 aromatic rings. The summed E-state index contributed by atoms with van der Waals surface area (Å²) in [5.41, 5.74) is 0.492. The summed E-state index contributed by atoms with van der Waals surface area (Å²) in [4.78, 5) is 40.9. The third kappa shape index (κ3) is 5.19. The van der Waals surface area contributed by atoms with Gasteiger partial charge < -0.3 is 15.5 Å². The van der Waals surface area contributed by atoms with E-state index in [1.807, 2.05) is 27.7 Å². The van der Waals surface area contributed by atoms with E-state index >= 15 is 0 Å². The molecule has 1 saturated heterocycles. The van der Waals surface area contributed by atoms with Crippen LogP contribution >= 0.6 is 34.5 Å². The number of amides is 4. The van der Waals surface area contributed by atoms with Crippen LogP contribution in [0.2, 0.25) is 10.0 Å². The summed E-state index contributed by atoms with van der Waals surface area (Å²) in [6.07, 6.45) is 0.504. The van der Waals surface area contributed by atoms with Gasteiger partial charge in [-0.05, 0) is 30.0 Å². The summed E-state index contributed by atoms with van der Waals surface area (Å²) in [7, 11) is 0. The van der Waals surface area contributed by atoms with Crippen LogP contribution in [0.4, 0.5) is 15.5 Å². The van der Waals surface area contributed by atoms with Crippen LogP contribution in [0.1, 0.15) is 49.4 Å². The minimum Gasteiger partial charge on any atom is -0.353 e. The molecule has 0 bridgehead atoms. The summed E-state index contributed by atoms with van der Waals surface area (Å²) < 4.78 is 0. The quantitative estimate of drug-likeness (QED) is 0.532. The molecule has 1 fully saturated rings. The highest BCUT2D eigenvalue weighted by Gasteiger charge is 2.34. The zero-order valence-electron chi connectivity index (χ0n) is 18.3. The van der Waals surface area contributed by atoms with Gasteiger partial charge in [0, 0.05) is 18.0 Å². The molecule has 1 aliphatic rings.